The lowest BCUT2D eigenvalue weighted by atomic mass is 10.2. The number of nitrogens with one attached hydrogen (secondary N) is 1. The molecule has 0 radical (unpaired) electrons. The number of hydrogen-bond donors (Lipinski definition) is 2. The van der Waals surface area contributed by atoms with Crippen molar-refractivity contribution in [3.05, 3.63) is 23.7 Å². The number of carbonyl (C=O) groups is 1. The predicted octanol–water partition coefficient (Wildman–Crippen LogP) is 1.49. The van der Waals surface area contributed by atoms with Gasteiger partial charge in [-0.05, 0) is 25.5 Å². The average molecular weight is 241 g/mol. The van der Waals surface area contributed by atoms with Crippen LogP contribution in [0.15, 0.2) is 16.5 Å². The maximum absolute atomic E-state index is 11.2. The monoisotopic (exact) mass is 241 g/mol. The zero-order chi connectivity index (χ0) is 12.8. The molecule has 96 valence electrons. The van der Waals surface area contributed by atoms with E-state index in [0.717, 1.165) is 6.42 Å². The highest BCUT2D eigenvalue weighted by atomic mass is 16.5. The molecule has 0 aliphatic carbocycles. The molecule has 0 spiro atoms. The minimum absolute atomic E-state index is 0.0247. The van der Waals surface area contributed by atoms with E-state index in [1.807, 2.05) is 13.8 Å². The molecule has 5 nitrogen and oxygen atoms in total. The molecule has 1 aromatic heterocycles. The quantitative estimate of drug-likeness (QED) is 0.738. The molecule has 1 aromatic rings. The van der Waals surface area contributed by atoms with E-state index in [0.29, 0.717) is 5.76 Å². The molecule has 5 heteroatoms. The summed E-state index contributed by atoms with van der Waals surface area (Å²) in [5.41, 5.74) is 0. The van der Waals surface area contributed by atoms with Crippen LogP contribution in [0.25, 0.3) is 0 Å². The highest BCUT2D eigenvalue weighted by Crippen LogP contribution is 2.17. The Morgan fingerprint density at radius 2 is 2.29 bits per heavy atom. The SMILES string of the molecule is CCC(CO)NC(C)c1ccc(C(=O)OC)o1. The summed E-state index contributed by atoms with van der Waals surface area (Å²) in [5, 5.41) is 12.3. The van der Waals surface area contributed by atoms with Crippen molar-refractivity contribution in [3.63, 3.8) is 0 Å². The molecule has 0 aliphatic heterocycles. The summed E-state index contributed by atoms with van der Waals surface area (Å²) < 4.78 is 9.93. The molecule has 2 N–H and O–H groups in total. The predicted molar refractivity (Wildman–Crippen MR) is 62.8 cm³/mol. The first-order valence-corrected chi connectivity index (χ1v) is 5.67. The Hall–Kier alpha value is -1.33. The largest absolute Gasteiger partial charge is 0.463 e. The van der Waals surface area contributed by atoms with Gasteiger partial charge in [0.1, 0.15) is 5.76 Å². The zero-order valence-corrected chi connectivity index (χ0v) is 10.4. The smallest absolute Gasteiger partial charge is 0.373 e. The highest BCUT2D eigenvalue weighted by molar-refractivity contribution is 5.86. The fraction of sp³-hybridized carbons (Fsp3) is 0.583. The first-order valence-electron chi connectivity index (χ1n) is 5.67. The number of esters is 1. The van der Waals surface area contributed by atoms with Crippen molar-refractivity contribution >= 4 is 5.97 Å². The van der Waals surface area contributed by atoms with E-state index in [4.69, 9.17) is 9.52 Å². The molecule has 1 rings (SSSR count). The molecular formula is C12H19NO4. The van der Waals surface area contributed by atoms with Crippen LogP contribution in [0.3, 0.4) is 0 Å². The van der Waals surface area contributed by atoms with Gasteiger partial charge in [-0.2, -0.15) is 0 Å². The lowest BCUT2D eigenvalue weighted by Crippen LogP contribution is -2.33. The molecule has 0 aliphatic rings. The first-order chi connectivity index (χ1) is 8.12. The fourth-order valence-corrected chi connectivity index (χ4v) is 1.53. The van der Waals surface area contributed by atoms with Gasteiger partial charge in [-0.15, -0.1) is 0 Å². The number of aliphatic hydroxyl groups excluding tert-OH is 1. The van der Waals surface area contributed by atoms with E-state index in [-0.39, 0.29) is 24.5 Å². The number of furan rings is 1. The minimum Gasteiger partial charge on any atom is -0.463 e. The van der Waals surface area contributed by atoms with Gasteiger partial charge in [0.2, 0.25) is 5.76 Å². The molecule has 0 fully saturated rings. The van der Waals surface area contributed by atoms with Crippen molar-refractivity contribution in [2.45, 2.75) is 32.4 Å². The summed E-state index contributed by atoms with van der Waals surface area (Å²) in [6.45, 7) is 3.98. The summed E-state index contributed by atoms with van der Waals surface area (Å²) >= 11 is 0. The Balaban J connectivity index is 2.66. The molecule has 1 heterocycles. The van der Waals surface area contributed by atoms with Gasteiger partial charge in [-0.25, -0.2) is 4.79 Å². The van der Waals surface area contributed by atoms with Crippen molar-refractivity contribution in [2.75, 3.05) is 13.7 Å². The number of rotatable bonds is 6. The molecule has 0 amide bonds. The van der Waals surface area contributed by atoms with Crippen LogP contribution in [-0.2, 0) is 4.74 Å². The summed E-state index contributed by atoms with van der Waals surface area (Å²) in [7, 11) is 1.31. The van der Waals surface area contributed by atoms with Crippen LogP contribution < -0.4 is 5.32 Å². The van der Waals surface area contributed by atoms with Crippen LogP contribution >= 0.6 is 0 Å². The molecule has 2 unspecified atom stereocenters. The van der Waals surface area contributed by atoms with Crippen LogP contribution in [0, 0.1) is 0 Å². The van der Waals surface area contributed by atoms with Gasteiger partial charge in [0.05, 0.1) is 19.8 Å². The van der Waals surface area contributed by atoms with E-state index < -0.39 is 5.97 Å². The van der Waals surface area contributed by atoms with Crippen molar-refractivity contribution in [3.8, 4) is 0 Å². The standard InChI is InChI=1S/C12H19NO4/c1-4-9(7-14)13-8(2)10-5-6-11(17-10)12(15)16-3/h5-6,8-9,13-14H,4,7H2,1-3H3. The molecule has 2 atom stereocenters. The number of methoxy groups -OCH3 is 1. The molecule has 17 heavy (non-hydrogen) atoms. The summed E-state index contributed by atoms with van der Waals surface area (Å²) in [4.78, 5) is 11.2. The second-order valence-electron chi connectivity index (χ2n) is 3.87. The van der Waals surface area contributed by atoms with Gasteiger partial charge < -0.3 is 19.6 Å². The minimum atomic E-state index is -0.488. The van der Waals surface area contributed by atoms with Crippen LogP contribution in [0.4, 0.5) is 0 Å². The maximum atomic E-state index is 11.2. The zero-order valence-electron chi connectivity index (χ0n) is 10.4. The van der Waals surface area contributed by atoms with E-state index >= 15 is 0 Å². The Labute approximate surface area is 101 Å². The number of hydrogen-bond acceptors (Lipinski definition) is 5. The molecule has 0 aromatic carbocycles. The van der Waals surface area contributed by atoms with Gasteiger partial charge in [0.25, 0.3) is 0 Å². The van der Waals surface area contributed by atoms with E-state index in [9.17, 15) is 4.79 Å². The maximum Gasteiger partial charge on any atom is 0.373 e. The van der Waals surface area contributed by atoms with Crippen molar-refractivity contribution in [2.24, 2.45) is 0 Å². The third kappa shape index (κ3) is 3.57. The van der Waals surface area contributed by atoms with Gasteiger partial charge in [-0.3, -0.25) is 0 Å². The van der Waals surface area contributed by atoms with Gasteiger partial charge >= 0.3 is 5.97 Å². The number of aliphatic hydroxyl groups is 1. The normalized spacial score (nSPS) is 14.4. The average Bonchev–Trinajstić information content (AvgIpc) is 2.84. The third-order valence-corrected chi connectivity index (χ3v) is 2.64. The molecule has 0 bridgehead atoms. The Bertz CT molecular complexity index is 357. The molecular weight excluding hydrogens is 222 g/mol. The van der Waals surface area contributed by atoms with Gasteiger partial charge in [0, 0.05) is 6.04 Å². The van der Waals surface area contributed by atoms with Crippen LogP contribution in [-0.4, -0.2) is 30.8 Å². The second kappa shape index (κ2) is 6.42. The van der Waals surface area contributed by atoms with Crippen molar-refractivity contribution in [1.82, 2.24) is 5.32 Å². The lowest BCUT2D eigenvalue weighted by molar-refractivity contribution is 0.0561. The Morgan fingerprint density at radius 1 is 1.59 bits per heavy atom. The summed E-state index contributed by atoms with van der Waals surface area (Å²) in [6.07, 6.45) is 0.825. The van der Waals surface area contributed by atoms with E-state index in [1.54, 1.807) is 12.1 Å². The van der Waals surface area contributed by atoms with Crippen molar-refractivity contribution in [1.29, 1.82) is 0 Å². The third-order valence-electron chi connectivity index (χ3n) is 2.64. The summed E-state index contributed by atoms with van der Waals surface area (Å²) in [5.74, 6) is 0.350. The highest BCUT2D eigenvalue weighted by Gasteiger charge is 2.17. The number of ether oxygens (including phenoxy) is 1. The van der Waals surface area contributed by atoms with Crippen LogP contribution in [0.5, 0.6) is 0 Å². The van der Waals surface area contributed by atoms with E-state index in [2.05, 4.69) is 10.1 Å². The first kappa shape index (κ1) is 13.7. The van der Waals surface area contributed by atoms with Gasteiger partial charge in [-0.1, -0.05) is 6.92 Å². The molecule has 0 saturated carbocycles. The number of carbonyl (C=O) groups excluding carboxylic acids is 1. The fourth-order valence-electron chi connectivity index (χ4n) is 1.53. The Kier molecular flexibility index (Phi) is 5.18. The lowest BCUT2D eigenvalue weighted by Gasteiger charge is -2.18. The van der Waals surface area contributed by atoms with Crippen molar-refractivity contribution < 1.29 is 19.1 Å². The topological polar surface area (TPSA) is 71.7 Å². The summed E-state index contributed by atoms with van der Waals surface area (Å²) in [6, 6.07) is 3.27. The molecule has 0 saturated heterocycles. The van der Waals surface area contributed by atoms with Crippen LogP contribution in [0.1, 0.15) is 42.6 Å². The Morgan fingerprint density at radius 3 is 2.82 bits per heavy atom. The van der Waals surface area contributed by atoms with Gasteiger partial charge in [0.15, 0.2) is 0 Å². The van der Waals surface area contributed by atoms with Crippen LogP contribution in [0.2, 0.25) is 0 Å². The second-order valence-corrected chi connectivity index (χ2v) is 3.87. The van der Waals surface area contributed by atoms with E-state index in [1.165, 1.54) is 7.11 Å².